The molecule has 0 radical (unpaired) electrons. The molecule has 342 valence electrons. The Labute approximate surface area is 402 Å². The van der Waals surface area contributed by atoms with Crippen LogP contribution in [0.1, 0.15) is 153 Å². The van der Waals surface area contributed by atoms with Crippen molar-refractivity contribution in [1.82, 2.24) is 0 Å². The van der Waals surface area contributed by atoms with Crippen LogP contribution in [0.5, 0.6) is 0 Å². The van der Waals surface area contributed by atoms with Gasteiger partial charge in [-0.15, -0.1) is 45.3 Å². The van der Waals surface area contributed by atoms with E-state index < -0.39 is 0 Å². The maximum Gasteiger partial charge on any atom is 0.305 e. The van der Waals surface area contributed by atoms with E-state index in [1.54, 1.807) is 22.7 Å². The minimum Gasteiger partial charge on any atom is -0.466 e. The Kier molecular flexibility index (Phi) is 24.6. The maximum atomic E-state index is 12.0. The standard InChI is InChI=1S/C48H64Br2O8S4/c1-5-55-41(51)25-17-9-13-21-33-29-37(59-45(33)47-35(31-39(49)61-47)23-15-11-19-27-43(53)57-7-3)38-30-34(22-14-10-18-26-42(52)56-6-2)46(60-38)48-36(32-40(50)62-48)24-16-12-20-28-44(54)58-8-4/h29-32H,5-28H2,1-4H3. The number of carbonyl (C=O) groups is 4. The van der Waals surface area contributed by atoms with Gasteiger partial charge in [0.2, 0.25) is 0 Å². The van der Waals surface area contributed by atoms with Crippen LogP contribution < -0.4 is 0 Å². The van der Waals surface area contributed by atoms with Gasteiger partial charge in [0.15, 0.2) is 0 Å². The van der Waals surface area contributed by atoms with Crippen molar-refractivity contribution in [3.63, 3.8) is 0 Å². The molecule has 0 aliphatic carbocycles. The molecule has 0 N–H and O–H groups in total. The molecular formula is C48H64Br2O8S4. The molecule has 0 saturated heterocycles. The fourth-order valence-corrected chi connectivity index (χ4v) is 13.7. The van der Waals surface area contributed by atoms with Crippen LogP contribution in [0.15, 0.2) is 31.8 Å². The fraction of sp³-hybridized carbons (Fsp3) is 0.583. The van der Waals surface area contributed by atoms with Gasteiger partial charge in [0, 0.05) is 54.9 Å². The monoisotopic (exact) mass is 1050 g/mol. The average Bonchev–Trinajstić information content (AvgIpc) is 4.02. The Bertz CT molecular complexity index is 1850. The largest absolute Gasteiger partial charge is 0.466 e. The molecule has 14 heteroatoms. The summed E-state index contributed by atoms with van der Waals surface area (Å²) in [5.41, 5.74) is 5.36. The SMILES string of the molecule is CCOC(=O)CCCCCc1cc(Br)sc1-c1sc(-c2cc(CCCCCC(=O)OCC)c(-c3sc(Br)cc3CCCCCC(=O)OCC)s2)cc1CCCCCC(=O)OCC. The summed E-state index contributed by atoms with van der Waals surface area (Å²) >= 11 is 15.0. The molecule has 0 saturated carbocycles. The van der Waals surface area contributed by atoms with E-state index in [9.17, 15) is 19.2 Å². The summed E-state index contributed by atoms with van der Waals surface area (Å²) in [6.45, 7) is 9.04. The number of esters is 4. The summed E-state index contributed by atoms with van der Waals surface area (Å²) in [6, 6.07) is 9.36. The summed E-state index contributed by atoms with van der Waals surface area (Å²) in [7, 11) is 0. The summed E-state index contributed by atoms with van der Waals surface area (Å²) in [4.78, 5) is 55.7. The van der Waals surface area contributed by atoms with Gasteiger partial charge >= 0.3 is 23.9 Å². The third kappa shape index (κ3) is 17.9. The lowest BCUT2D eigenvalue weighted by Crippen LogP contribution is -2.03. The molecule has 0 bridgehead atoms. The van der Waals surface area contributed by atoms with Crippen LogP contribution in [0.3, 0.4) is 0 Å². The minimum atomic E-state index is -0.125. The Morgan fingerprint density at radius 1 is 0.387 bits per heavy atom. The van der Waals surface area contributed by atoms with E-state index in [4.69, 9.17) is 18.9 Å². The molecule has 4 rings (SSSR count). The van der Waals surface area contributed by atoms with E-state index in [0.29, 0.717) is 52.1 Å². The van der Waals surface area contributed by atoms with E-state index in [0.717, 1.165) is 110 Å². The molecule has 0 aliphatic heterocycles. The Balaban J connectivity index is 1.63. The van der Waals surface area contributed by atoms with Crippen molar-refractivity contribution in [3.8, 4) is 29.3 Å². The van der Waals surface area contributed by atoms with Crippen LogP contribution in [0.2, 0.25) is 0 Å². The number of hydrogen-bond donors (Lipinski definition) is 0. The first kappa shape index (κ1) is 52.3. The molecular weight excluding hydrogens is 993 g/mol. The van der Waals surface area contributed by atoms with Gasteiger partial charge in [-0.1, -0.05) is 25.7 Å². The van der Waals surface area contributed by atoms with Gasteiger partial charge in [-0.2, -0.15) is 0 Å². The van der Waals surface area contributed by atoms with Crippen molar-refractivity contribution in [2.24, 2.45) is 0 Å². The molecule has 0 unspecified atom stereocenters. The van der Waals surface area contributed by atoms with Crippen LogP contribution >= 0.6 is 77.2 Å². The molecule has 62 heavy (non-hydrogen) atoms. The highest BCUT2D eigenvalue weighted by atomic mass is 79.9. The smallest absolute Gasteiger partial charge is 0.305 e. The minimum absolute atomic E-state index is 0.121. The molecule has 0 atom stereocenters. The summed E-state index contributed by atoms with van der Waals surface area (Å²) in [5, 5.41) is 0. The molecule has 4 heterocycles. The van der Waals surface area contributed by atoms with Crippen molar-refractivity contribution in [3.05, 3.63) is 54.1 Å². The summed E-state index contributed by atoms with van der Waals surface area (Å²) in [5.74, 6) is -0.493. The van der Waals surface area contributed by atoms with E-state index in [1.807, 2.05) is 50.4 Å². The number of aryl methyl sites for hydroxylation is 4. The Hall–Kier alpha value is -2.36. The van der Waals surface area contributed by atoms with Gasteiger partial charge in [-0.25, -0.2) is 0 Å². The fourth-order valence-electron chi connectivity index (χ4n) is 7.38. The second-order valence-corrected chi connectivity index (χ2v) is 22.2. The molecule has 0 fully saturated rings. The lowest BCUT2D eigenvalue weighted by atomic mass is 10.0. The van der Waals surface area contributed by atoms with Gasteiger partial charge in [0.1, 0.15) is 0 Å². The quantitative estimate of drug-likeness (QED) is 0.0279. The number of rotatable bonds is 31. The van der Waals surface area contributed by atoms with E-state index >= 15 is 0 Å². The highest BCUT2D eigenvalue weighted by molar-refractivity contribution is 9.11. The van der Waals surface area contributed by atoms with Crippen LogP contribution in [0, 0.1) is 0 Å². The normalized spacial score (nSPS) is 11.3. The molecule has 8 nitrogen and oxygen atoms in total. The topological polar surface area (TPSA) is 105 Å². The second kappa shape index (κ2) is 29.2. The van der Waals surface area contributed by atoms with Gasteiger partial charge in [0.25, 0.3) is 0 Å². The molecule has 0 aromatic carbocycles. The van der Waals surface area contributed by atoms with Crippen molar-refractivity contribution >= 4 is 101 Å². The zero-order valence-electron chi connectivity index (χ0n) is 36.9. The van der Waals surface area contributed by atoms with Crippen molar-refractivity contribution in [2.75, 3.05) is 26.4 Å². The summed E-state index contributed by atoms with van der Waals surface area (Å²) in [6.07, 6.45) is 16.6. The van der Waals surface area contributed by atoms with Crippen molar-refractivity contribution in [1.29, 1.82) is 0 Å². The van der Waals surface area contributed by atoms with Crippen LogP contribution in [-0.2, 0) is 63.8 Å². The lowest BCUT2D eigenvalue weighted by Gasteiger charge is -2.07. The maximum absolute atomic E-state index is 12.0. The Morgan fingerprint density at radius 3 is 0.919 bits per heavy atom. The molecule has 4 aromatic rings. The average molecular weight is 1060 g/mol. The second-order valence-electron chi connectivity index (χ2n) is 15.2. The van der Waals surface area contributed by atoms with Gasteiger partial charge in [-0.05, 0) is 183 Å². The number of carbonyl (C=O) groups excluding carboxylic acids is 4. The van der Waals surface area contributed by atoms with Gasteiger partial charge in [-0.3, -0.25) is 19.2 Å². The van der Waals surface area contributed by atoms with Crippen molar-refractivity contribution < 1.29 is 38.1 Å². The first-order valence-electron chi connectivity index (χ1n) is 22.5. The van der Waals surface area contributed by atoms with Crippen LogP contribution in [0.25, 0.3) is 29.3 Å². The van der Waals surface area contributed by atoms with Gasteiger partial charge < -0.3 is 18.9 Å². The highest BCUT2D eigenvalue weighted by Crippen LogP contribution is 2.50. The number of hydrogen-bond acceptors (Lipinski definition) is 12. The number of unbranched alkanes of at least 4 members (excludes halogenated alkanes) is 8. The first-order valence-corrected chi connectivity index (χ1v) is 27.4. The number of halogens is 2. The third-order valence-corrected chi connectivity index (χ3v) is 16.6. The first-order chi connectivity index (χ1) is 30.1. The van der Waals surface area contributed by atoms with E-state index in [2.05, 4.69) is 56.1 Å². The predicted octanol–water partition coefficient (Wildman–Crippen LogP) is 15.1. The number of thiophene rings is 4. The van der Waals surface area contributed by atoms with E-state index in [1.165, 1.54) is 51.5 Å². The summed E-state index contributed by atoms with van der Waals surface area (Å²) < 4.78 is 22.9. The van der Waals surface area contributed by atoms with Crippen LogP contribution in [-0.4, -0.2) is 50.3 Å². The molecule has 4 aromatic heterocycles. The van der Waals surface area contributed by atoms with Gasteiger partial charge in [0.05, 0.1) is 34.0 Å². The lowest BCUT2D eigenvalue weighted by molar-refractivity contribution is -0.144. The van der Waals surface area contributed by atoms with Crippen molar-refractivity contribution in [2.45, 2.75) is 156 Å². The van der Waals surface area contributed by atoms with Crippen LogP contribution in [0.4, 0.5) is 0 Å². The molecule has 0 aliphatic rings. The number of ether oxygens (including phenoxy) is 4. The highest BCUT2D eigenvalue weighted by Gasteiger charge is 2.23. The zero-order chi connectivity index (χ0) is 44.7. The third-order valence-electron chi connectivity index (χ3n) is 10.4. The zero-order valence-corrected chi connectivity index (χ0v) is 43.4. The molecule has 0 amide bonds. The Morgan fingerprint density at radius 2 is 0.645 bits per heavy atom. The predicted molar refractivity (Wildman–Crippen MR) is 265 cm³/mol. The van der Waals surface area contributed by atoms with E-state index in [-0.39, 0.29) is 23.9 Å². The molecule has 0 spiro atoms.